The topological polar surface area (TPSA) is 66.8 Å². The summed E-state index contributed by atoms with van der Waals surface area (Å²) in [5.41, 5.74) is 0.815. The summed E-state index contributed by atoms with van der Waals surface area (Å²) in [6.07, 6.45) is 3.16. The van der Waals surface area contributed by atoms with Crippen LogP contribution >= 0.6 is 0 Å². The van der Waals surface area contributed by atoms with Gasteiger partial charge in [0.1, 0.15) is 5.75 Å². The first-order valence-electron chi connectivity index (χ1n) is 6.85. The van der Waals surface area contributed by atoms with Gasteiger partial charge in [-0.15, -0.1) is 0 Å². The summed E-state index contributed by atoms with van der Waals surface area (Å²) >= 11 is 0. The summed E-state index contributed by atoms with van der Waals surface area (Å²) in [5.74, 6) is -0.817. The van der Waals surface area contributed by atoms with Crippen LogP contribution in [0, 0.1) is 11.8 Å². The number of nitrogens with zero attached hydrogens (tertiary/aromatic N) is 1. The quantitative estimate of drug-likeness (QED) is 0.860. The van der Waals surface area contributed by atoms with E-state index >= 15 is 0 Å². The maximum Gasteiger partial charge on any atom is 0.308 e. The predicted octanol–water partition coefficient (Wildman–Crippen LogP) is 1.89. The van der Waals surface area contributed by atoms with Crippen LogP contribution < -0.4 is 4.74 Å². The third-order valence-corrected chi connectivity index (χ3v) is 3.79. The lowest BCUT2D eigenvalue weighted by Crippen LogP contribution is -2.28. The monoisotopic (exact) mass is 289 g/mol. The molecular formula is C16H19NO4. The molecule has 1 amide bonds. The Morgan fingerprint density at radius 1 is 1.33 bits per heavy atom. The zero-order valence-corrected chi connectivity index (χ0v) is 12.2. The van der Waals surface area contributed by atoms with Gasteiger partial charge in [0.15, 0.2) is 0 Å². The van der Waals surface area contributed by atoms with E-state index in [0.717, 1.165) is 5.56 Å². The molecule has 1 aliphatic heterocycles. The second-order valence-corrected chi connectivity index (χ2v) is 5.24. The molecule has 1 heterocycles. The van der Waals surface area contributed by atoms with Crippen molar-refractivity contribution in [3.05, 3.63) is 35.9 Å². The normalized spacial score (nSPS) is 21.7. The molecule has 2 atom stereocenters. The first-order valence-corrected chi connectivity index (χ1v) is 6.85. The third kappa shape index (κ3) is 3.42. The van der Waals surface area contributed by atoms with Crippen LogP contribution in [0.15, 0.2) is 30.3 Å². The Bertz CT molecular complexity index is 567. The molecule has 1 aromatic rings. The average Bonchev–Trinajstić information content (AvgIpc) is 2.87. The van der Waals surface area contributed by atoms with Crippen molar-refractivity contribution in [1.82, 2.24) is 4.90 Å². The van der Waals surface area contributed by atoms with Crippen molar-refractivity contribution in [3.8, 4) is 5.75 Å². The maximum absolute atomic E-state index is 12.1. The molecule has 0 bridgehead atoms. The molecule has 0 spiro atoms. The second-order valence-electron chi connectivity index (χ2n) is 5.24. The van der Waals surface area contributed by atoms with Crippen molar-refractivity contribution in [3.63, 3.8) is 0 Å². The molecule has 0 radical (unpaired) electrons. The van der Waals surface area contributed by atoms with Gasteiger partial charge in [0.05, 0.1) is 13.0 Å². The van der Waals surface area contributed by atoms with Crippen LogP contribution in [0.4, 0.5) is 0 Å². The number of likely N-dealkylation sites (tertiary alicyclic amines) is 1. The fourth-order valence-electron chi connectivity index (χ4n) is 2.54. The molecule has 5 heteroatoms. The summed E-state index contributed by atoms with van der Waals surface area (Å²) < 4.78 is 5.21. The molecule has 1 saturated heterocycles. The highest BCUT2D eigenvalue weighted by Gasteiger charge is 2.36. The molecule has 0 aromatic heterocycles. The molecule has 0 aliphatic carbocycles. The number of methoxy groups -OCH3 is 1. The van der Waals surface area contributed by atoms with E-state index in [4.69, 9.17) is 9.84 Å². The molecule has 21 heavy (non-hydrogen) atoms. The fraction of sp³-hybridized carbons (Fsp3) is 0.375. The van der Waals surface area contributed by atoms with Crippen molar-refractivity contribution < 1.29 is 19.4 Å². The molecule has 1 N–H and O–H groups in total. The number of amides is 1. The lowest BCUT2D eigenvalue weighted by atomic mass is 9.99. The number of hydrogen-bond acceptors (Lipinski definition) is 3. The van der Waals surface area contributed by atoms with Gasteiger partial charge in [-0.05, 0) is 18.1 Å². The van der Waals surface area contributed by atoms with E-state index in [1.165, 1.54) is 6.08 Å². The molecule has 1 fully saturated rings. The average molecular weight is 289 g/mol. The van der Waals surface area contributed by atoms with Crippen LogP contribution in [-0.2, 0) is 9.59 Å². The van der Waals surface area contributed by atoms with Crippen LogP contribution in [-0.4, -0.2) is 42.1 Å². The number of carboxylic acid groups (broad SMARTS) is 1. The molecule has 0 saturated carbocycles. The minimum Gasteiger partial charge on any atom is -0.496 e. The number of carbonyl (C=O) groups is 2. The van der Waals surface area contributed by atoms with Gasteiger partial charge in [0, 0.05) is 24.7 Å². The van der Waals surface area contributed by atoms with Crippen molar-refractivity contribution in [2.24, 2.45) is 11.8 Å². The zero-order valence-electron chi connectivity index (χ0n) is 12.2. The molecule has 5 nitrogen and oxygen atoms in total. The number of rotatable bonds is 4. The minimum absolute atomic E-state index is 0.0221. The maximum atomic E-state index is 12.1. The summed E-state index contributed by atoms with van der Waals surface area (Å²) in [4.78, 5) is 24.8. The number of para-hydroxylation sites is 1. The lowest BCUT2D eigenvalue weighted by molar-refractivity contribution is -0.142. The van der Waals surface area contributed by atoms with Gasteiger partial charge in [0.25, 0.3) is 0 Å². The first kappa shape index (κ1) is 15.1. The van der Waals surface area contributed by atoms with Crippen molar-refractivity contribution in [2.75, 3.05) is 20.2 Å². The Kier molecular flexibility index (Phi) is 4.62. The number of benzene rings is 1. The van der Waals surface area contributed by atoms with E-state index < -0.39 is 11.9 Å². The van der Waals surface area contributed by atoms with Gasteiger partial charge in [-0.3, -0.25) is 9.59 Å². The number of carboxylic acids is 1. The second kappa shape index (κ2) is 6.43. The Balaban J connectivity index is 2.05. The Morgan fingerprint density at radius 3 is 2.67 bits per heavy atom. The van der Waals surface area contributed by atoms with Crippen molar-refractivity contribution >= 4 is 18.0 Å². The third-order valence-electron chi connectivity index (χ3n) is 3.79. The standard InChI is InChI=1S/C16H19NO4/c1-11-9-17(10-13(11)16(19)20)15(18)8-7-12-5-3-4-6-14(12)21-2/h3-8,11,13H,9-10H2,1-2H3,(H,19,20). The largest absolute Gasteiger partial charge is 0.496 e. The molecule has 112 valence electrons. The zero-order chi connectivity index (χ0) is 15.4. The number of aliphatic carboxylic acids is 1. The molecule has 2 unspecified atom stereocenters. The Labute approximate surface area is 123 Å². The van der Waals surface area contributed by atoms with E-state index in [-0.39, 0.29) is 18.4 Å². The van der Waals surface area contributed by atoms with Crippen LogP contribution in [0.5, 0.6) is 5.75 Å². The van der Waals surface area contributed by atoms with Gasteiger partial charge in [-0.2, -0.15) is 0 Å². The van der Waals surface area contributed by atoms with Crippen LogP contribution in [0.3, 0.4) is 0 Å². The number of ether oxygens (including phenoxy) is 1. The summed E-state index contributed by atoms with van der Waals surface area (Å²) in [6, 6.07) is 7.40. The molecule has 1 aromatic carbocycles. The highest BCUT2D eigenvalue weighted by molar-refractivity contribution is 5.92. The van der Waals surface area contributed by atoms with Gasteiger partial charge < -0.3 is 14.7 Å². The lowest BCUT2D eigenvalue weighted by Gasteiger charge is -2.13. The first-order chi connectivity index (χ1) is 10.0. The number of carbonyl (C=O) groups excluding carboxylic acids is 1. The fourth-order valence-corrected chi connectivity index (χ4v) is 2.54. The van der Waals surface area contributed by atoms with E-state index in [1.807, 2.05) is 31.2 Å². The summed E-state index contributed by atoms with van der Waals surface area (Å²) in [5, 5.41) is 9.09. The van der Waals surface area contributed by atoms with E-state index in [1.54, 1.807) is 18.1 Å². The van der Waals surface area contributed by atoms with E-state index in [9.17, 15) is 9.59 Å². The van der Waals surface area contributed by atoms with Crippen LogP contribution in [0.2, 0.25) is 0 Å². The van der Waals surface area contributed by atoms with Gasteiger partial charge >= 0.3 is 5.97 Å². The SMILES string of the molecule is COc1ccccc1C=CC(=O)N1CC(C)C(C(=O)O)C1. The predicted molar refractivity (Wildman–Crippen MR) is 78.9 cm³/mol. The van der Waals surface area contributed by atoms with Crippen LogP contribution in [0.1, 0.15) is 12.5 Å². The Hall–Kier alpha value is -2.30. The van der Waals surface area contributed by atoms with E-state index in [2.05, 4.69) is 0 Å². The van der Waals surface area contributed by atoms with Gasteiger partial charge in [-0.1, -0.05) is 25.1 Å². The molecule has 1 aliphatic rings. The summed E-state index contributed by atoms with van der Waals surface area (Å²) in [7, 11) is 1.58. The van der Waals surface area contributed by atoms with E-state index in [0.29, 0.717) is 12.3 Å². The van der Waals surface area contributed by atoms with Gasteiger partial charge in [-0.25, -0.2) is 0 Å². The summed E-state index contributed by atoms with van der Waals surface area (Å²) in [6.45, 7) is 2.60. The van der Waals surface area contributed by atoms with Crippen LogP contribution in [0.25, 0.3) is 6.08 Å². The molecule has 2 rings (SSSR count). The Morgan fingerprint density at radius 2 is 2.05 bits per heavy atom. The smallest absolute Gasteiger partial charge is 0.308 e. The van der Waals surface area contributed by atoms with Crippen molar-refractivity contribution in [2.45, 2.75) is 6.92 Å². The van der Waals surface area contributed by atoms with Crippen molar-refractivity contribution in [1.29, 1.82) is 0 Å². The van der Waals surface area contributed by atoms with Gasteiger partial charge in [0.2, 0.25) is 5.91 Å². The number of hydrogen-bond donors (Lipinski definition) is 1. The highest BCUT2D eigenvalue weighted by Crippen LogP contribution is 2.24. The minimum atomic E-state index is -0.841. The molecular weight excluding hydrogens is 270 g/mol. The highest BCUT2D eigenvalue weighted by atomic mass is 16.5.